The van der Waals surface area contributed by atoms with Crippen molar-refractivity contribution >= 4 is 5.91 Å². The molecule has 118 valence electrons. The van der Waals surface area contributed by atoms with Crippen molar-refractivity contribution in [1.82, 2.24) is 5.32 Å². The van der Waals surface area contributed by atoms with Crippen LogP contribution in [-0.4, -0.2) is 30.3 Å². The molecule has 0 heterocycles. The normalized spacial score (nSPS) is 14.6. The lowest BCUT2D eigenvalue weighted by molar-refractivity contribution is -0.137. The highest BCUT2D eigenvalue weighted by molar-refractivity contribution is 5.80. The summed E-state index contributed by atoms with van der Waals surface area (Å²) in [6, 6.07) is 4.37. The second-order valence-electron chi connectivity index (χ2n) is 4.48. The summed E-state index contributed by atoms with van der Waals surface area (Å²) in [7, 11) is 0. The Bertz CT molecular complexity index is 477. The summed E-state index contributed by atoms with van der Waals surface area (Å²) < 4.78 is 42.8. The molecule has 0 aliphatic carbocycles. The van der Waals surface area contributed by atoms with Crippen LogP contribution in [0.3, 0.4) is 0 Å². The highest BCUT2D eigenvalue weighted by Gasteiger charge is 2.30. The Hall–Kier alpha value is -1.60. The van der Waals surface area contributed by atoms with Crippen molar-refractivity contribution in [3.63, 3.8) is 0 Å². The van der Waals surface area contributed by atoms with Gasteiger partial charge in [-0.15, -0.1) is 0 Å². The van der Waals surface area contributed by atoms with Crippen molar-refractivity contribution in [2.45, 2.75) is 32.2 Å². The average molecular weight is 305 g/mol. The molecule has 0 saturated carbocycles. The maximum Gasteiger partial charge on any atom is 0.416 e. The lowest BCUT2D eigenvalue weighted by atomic mass is 10.1. The van der Waals surface area contributed by atoms with E-state index in [0.29, 0.717) is 6.61 Å². The number of alkyl halides is 3. The zero-order valence-electron chi connectivity index (χ0n) is 11.8. The van der Waals surface area contributed by atoms with Gasteiger partial charge in [-0.3, -0.25) is 4.79 Å². The Labute approximate surface area is 120 Å². The van der Waals surface area contributed by atoms with E-state index < -0.39 is 29.9 Å². The maximum atomic E-state index is 12.6. The molecule has 2 unspecified atom stereocenters. The fraction of sp³-hybridized carbons (Fsp3) is 0.500. The molecular formula is C14H18F3NO3. The fourth-order valence-corrected chi connectivity index (χ4v) is 1.71. The summed E-state index contributed by atoms with van der Waals surface area (Å²) >= 11 is 0. The molecule has 7 heteroatoms. The second-order valence-corrected chi connectivity index (χ2v) is 4.48. The molecule has 0 bridgehead atoms. The SMILES string of the molecule is CCOC(C)C(=O)NCC(O)c1cccc(C(F)(F)F)c1. The van der Waals surface area contributed by atoms with Gasteiger partial charge in [0.1, 0.15) is 6.10 Å². The highest BCUT2D eigenvalue weighted by atomic mass is 19.4. The fourth-order valence-electron chi connectivity index (χ4n) is 1.71. The molecule has 0 aromatic heterocycles. The first-order valence-corrected chi connectivity index (χ1v) is 6.50. The number of carbonyl (C=O) groups excluding carboxylic acids is 1. The Kier molecular flexibility index (Phi) is 6.17. The third kappa shape index (κ3) is 5.35. The molecule has 1 amide bonds. The molecule has 0 spiro atoms. The van der Waals surface area contributed by atoms with Gasteiger partial charge in [0.2, 0.25) is 5.91 Å². The maximum absolute atomic E-state index is 12.6. The summed E-state index contributed by atoms with van der Waals surface area (Å²) in [5, 5.41) is 12.3. The monoisotopic (exact) mass is 305 g/mol. The molecule has 1 aromatic rings. The summed E-state index contributed by atoms with van der Waals surface area (Å²) in [6.07, 6.45) is -6.36. The smallest absolute Gasteiger partial charge is 0.387 e. The minimum absolute atomic E-state index is 0.0918. The average Bonchev–Trinajstić information content (AvgIpc) is 2.43. The van der Waals surface area contributed by atoms with Crippen LogP contribution in [0.25, 0.3) is 0 Å². The molecule has 0 radical (unpaired) electrons. The number of benzene rings is 1. The van der Waals surface area contributed by atoms with E-state index in [9.17, 15) is 23.1 Å². The van der Waals surface area contributed by atoms with Gasteiger partial charge >= 0.3 is 6.18 Å². The minimum Gasteiger partial charge on any atom is -0.387 e. The Morgan fingerprint density at radius 3 is 2.67 bits per heavy atom. The summed E-state index contributed by atoms with van der Waals surface area (Å²) in [5.74, 6) is -0.428. The van der Waals surface area contributed by atoms with E-state index in [4.69, 9.17) is 4.74 Å². The number of nitrogens with one attached hydrogen (secondary N) is 1. The molecule has 2 N–H and O–H groups in total. The van der Waals surface area contributed by atoms with Crippen molar-refractivity contribution in [1.29, 1.82) is 0 Å². The largest absolute Gasteiger partial charge is 0.416 e. The van der Waals surface area contributed by atoms with Crippen molar-refractivity contribution in [2.75, 3.05) is 13.2 Å². The number of ether oxygens (including phenoxy) is 1. The summed E-state index contributed by atoms with van der Waals surface area (Å²) in [6.45, 7) is 3.47. The first-order valence-electron chi connectivity index (χ1n) is 6.50. The zero-order chi connectivity index (χ0) is 16.0. The predicted octanol–water partition coefficient (Wildman–Crippen LogP) is 2.28. The molecule has 0 aliphatic rings. The predicted molar refractivity (Wildman–Crippen MR) is 70.5 cm³/mol. The Balaban J connectivity index is 2.64. The van der Waals surface area contributed by atoms with E-state index in [1.807, 2.05) is 0 Å². The van der Waals surface area contributed by atoms with Crippen LogP contribution in [0.5, 0.6) is 0 Å². The van der Waals surface area contributed by atoms with Crippen LogP contribution in [0.2, 0.25) is 0 Å². The van der Waals surface area contributed by atoms with Crippen LogP contribution in [0.1, 0.15) is 31.1 Å². The number of aliphatic hydroxyl groups excluding tert-OH is 1. The van der Waals surface area contributed by atoms with Crippen LogP contribution in [0.4, 0.5) is 13.2 Å². The highest BCUT2D eigenvalue weighted by Crippen LogP contribution is 2.30. The number of hydrogen-bond acceptors (Lipinski definition) is 3. The molecular weight excluding hydrogens is 287 g/mol. The van der Waals surface area contributed by atoms with Gasteiger partial charge in [-0.25, -0.2) is 0 Å². The molecule has 0 fully saturated rings. The standard InChI is InChI=1S/C14H18F3NO3/c1-3-21-9(2)13(20)18-8-12(19)10-5-4-6-11(7-10)14(15,16)17/h4-7,9,12,19H,3,8H2,1-2H3,(H,18,20). The summed E-state index contributed by atoms with van der Waals surface area (Å²) in [4.78, 5) is 11.6. The van der Waals surface area contributed by atoms with E-state index in [0.717, 1.165) is 12.1 Å². The van der Waals surface area contributed by atoms with Crippen LogP contribution in [0, 0.1) is 0 Å². The number of hydrogen-bond donors (Lipinski definition) is 2. The molecule has 0 saturated heterocycles. The van der Waals surface area contributed by atoms with Crippen molar-refractivity contribution in [3.05, 3.63) is 35.4 Å². The van der Waals surface area contributed by atoms with Crippen LogP contribution >= 0.6 is 0 Å². The summed E-state index contributed by atoms with van der Waals surface area (Å²) in [5.41, 5.74) is -0.748. The van der Waals surface area contributed by atoms with Crippen LogP contribution < -0.4 is 5.32 Å². The number of halogens is 3. The van der Waals surface area contributed by atoms with Gasteiger partial charge in [0.05, 0.1) is 11.7 Å². The van der Waals surface area contributed by atoms with Gasteiger partial charge in [0.15, 0.2) is 0 Å². The molecule has 21 heavy (non-hydrogen) atoms. The lowest BCUT2D eigenvalue weighted by Gasteiger charge is -2.16. The van der Waals surface area contributed by atoms with Gasteiger partial charge in [0, 0.05) is 13.2 Å². The van der Waals surface area contributed by atoms with Gasteiger partial charge in [-0.1, -0.05) is 12.1 Å². The van der Waals surface area contributed by atoms with Crippen molar-refractivity contribution in [2.24, 2.45) is 0 Å². The quantitative estimate of drug-likeness (QED) is 0.848. The molecule has 4 nitrogen and oxygen atoms in total. The first kappa shape index (κ1) is 17.5. The van der Waals surface area contributed by atoms with Crippen molar-refractivity contribution < 1.29 is 27.8 Å². The van der Waals surface area contributed by atoms with E-state index in [-0.39, 0.29) is 12.1 Å². The third-order valence-electron chi connectivity index (χ3n) is 2.85. The first-order chi connectivity index (χ1) is 9.75. The number of aliphatic hydroxyl groups is 1. The number of carbonyl (C=O) groups is 1. The van der Waals surface area contributed by atoms with E-state index in [2.05, 4.69) is 5.32 Å². The van der Waals surface area contributed by atoms with Gasteiger partial charge < -0.3 is 15.2 Å². The van der Waals surface area contributed by atoms with Gasteiger partial charge in [-0.2, -0.15) is 13.2 Å². The Morgan fingerprint density at radius 1 is 1.43 bits per heavy atom. The van der Waals surface area contributed by atoms with E-state index in [1.165, 1.54) is 12.1 Å². The Morgan fingerprint density at radius 2 is 2.10 bits per heavy atom. The van der Waals surface area contributed by atoms with Crippen LogP contribution in [0.15, 0.2) is 24.3 Å². The number of rotatable bonds is 6. The van der Waals surface area contributed by atoms with Gasteiger partial charge in [-0.05, 0) is 31.5 Å². The molecule has 0 aliphatic heterocycles. The van der Waals surface area contributed by atoms with E-state index >= 15 is 0 Å². The number of amides is 1. The lowest BCUT2D eigenvalue weighted by Crippen LogP contribution is -2.37. The van der Waals surface area contributed by atoms with Crippen molar-refractivity contribution in [3.8, 4) is 0 Å². The zero-order valence-corrected chi connectivity index (χ0v) is 11.8. The molecule has 2 atom stereocenters. The van der Waals surface area contributed by atoms with Crippen LogP contribution in [-0.2, 0) is 15.7 Å². The van der Waals surface area contributed by atoms with E-state index in [1.54, 1.807) is 13.8 Å². The third-order valence-corrected chi connectivity index (χ3v) is 2.85. The topological polar surface area (TPSA) is 58.6 Å². The second kappa shape index (κ2) is 7.42. The minimum atomic E-state index is -4.47. The molecule has 1 aromatic carbocycles. The molecule has 1 rings (SSSR count). The van der Waals surface area contributed by atoms with Gasteiger partial charge in [0.25, 0.3) is 0 Å².